The SMILES string of the molecule is Cc1ccc([C@@H]2Nc3ccc([N+](=O)[O-])cc3[C@@H]3c4ccccc4C[C@@H]32)cc1. The molecule has 3 atom stereocenters. The predicted molar refractivity (Wildman–Crippen MR) is 106 cm³/mol. The highest BCUT2D eigenvalue weighted by Crippen LogP contribution is 2.54. The van der Waals surface area contributed by atoms with Gasteiger partial charge in [0, 0.05) is 23.7 Å². The van der Waals surface area contributed by atoms with E-state index >= 15 is 0 Å². The number of aryl methyl sites for hydroxylation is 1. The van der Waals surface area contributed by atoms with Crippen molar-refractivity contribution in [3.8, 4) is 0 Å². The van der Waals surface area contributed by atoms with Crippen molar-refractivity contribution in [1.82, 2.24) is 0 Å². The molecule has 3 aromatic rings. The quantitative estimate of drug-likeness (QED) is 0.496. The van der Waals surface area contributed by atoms with Crippen LogP contribution < -0.4 is 5.32 Å². The molecule has 0 saturated heterocycles. The van der Waals surface area contributed by atoms with E-state index in [-0.39, 0.29) is 22.6 Å². The Morgan fingerprint density at radius 3 is 2.56 bits per heavy atom. The molecule has 0 amide bonds. The topological polar surface area (TPSA) is 55.2 Å². The summed E-state index contributed by atoms with van der Waals surface area (Å²) < 4.78 is 0. The zero-order valence-corrected chi connectivity index (χ0v) is 15.1. The summed E-state index contributed by atoms with van der Waals surface area (Å²) in [7, 11) is 0. The van der Waals surface area contributed by atoms with Gasteiger partial charge in [-0.3, -0.25) is 10.1 Å². The second-order valence-electron chi connectivity index (χ2n) is 7.61. The summed E-state index contributed by atoms with van der Waals surface area (Å²) in [6, 6.07) is 22.6. The van der Waals surface area contributed by atoms with E-state index < -0.39 is 0 Å². The second-order valence-corrected chi connectivity index (χ2v) is 7.61. The number of rotatable bonds is 2. The van der Waals surface area contributed by atoms with E-state index in [0.29, 0.717) is 5.92 Å². The molecule has 2 aliphatic rings. The molecular weight excluding hydrogens is 336 g/mol. The smallest absolute Gasteiger partial charge is 0.269 e. The number of non-ortho nitro benzene ring substituents is 1. The van der Waals surface area contributed by atoms with E-state index in [9.17, 15) is 10.1 Å². The Morgan fingerprint density at radius 2 is 1.78 bits per heavy atom. The third kappa shape index (κ3) is 2.52. The van der Waals surface area contributed by atoms with E-state index in [1.54, 1.807) is 12.1 Å². The number of nitrogens with zero attached hydrogens (tertiary/aromatic N) is 1. The average molecular weight is 356 g/mol. The first-order valence-electron chi connectivity index (χ1n) is 9.31. The summed E-state index contributed by atoms with van der Waals surface area (Å²) in [6.45, 7) is 2.10. The number of hydrogen-bond acceptors (Lipinski definition) is 3. The highest BCUT2D eigenvalue weighted by molar-refractivity contribution is 5.65. The molecule has 0 saturated carbocycles. The van der Waals surface area contributed by atoms with Crippen LogP contribution in [0, 0.1) is 23.0 Å². The second kappa shape index (κ2) is 5.95. The van der Waals surface area contributed by atoms with Gasteiger partial charge in [-0.05, 0) is 47.6 Å². The number of nitrogens with one attached hydrogen (secondary N) is 1. The average Bonchev–Trinajstić information content (AvgIpc) is 3.07. The van der Waals surface area contributed by atoms with Crippen molar-refractivity contribution in [1.29, 1.82) is 0 Å². The zero-order chi connectivity index (χ0) is 18.5. The fraction of sp³-hybridized carbons (Fsp3) is 0.217. The minimum atomic E-state index is -0.303. The predicted octanol–water partition coefficient (Wildman–Crippen LogP) is 5.37. The minimum absolute atomic E-state index is 0.160. The van der Waals surface area contributed by atoms with Crippen LogP contribution in [0.4, 0.5) is 11.4 Å². The lowest BCUT2D eigenvalue weighted by molar-refractivity contribution is -0.384. The number of nitro benzene ring substituents is 1. The first-order valence-corrected chi connectivity index (χ1v) is 9.31. The van der Waals surface area contributed by atoms with Crippen LogP contribution in [-0.4, -0.2) is 4.92 Å². The van der Waals surface area contributed by atoms with Crippen LogP contribution in [0.2, 0.25) is 0 Å². The fourth-order valence-corrected chi connectivity index (χ4v) is 4.77. The lowest BCUT2D eigenvalue weighted by Gasteiger charge is -2.38. The maximum absolute atomic E-state index is 11.3. The van der Waals surface area contributed by atoms with Gasteiger partial charge in [-0.1, -0.05) is 54.1 Å². The Hall–Kier alpha value is -3.14. The van der Waals surface area contributed by atoms with Gasteiger partial charge in [0.15, 0.2) is 0 Å². The Morgan fingerprint density at radius 1 is 1.00 bits per heavy atom. The Kier molecular flexibility index (Phi) is 3.54. The molecule has 1 aliphatic carbocycles. The lowest BCUT2D eigenvalue weighted by atomic mass is 9.75. The minimum Gasteiger partial charge on any atom is -0.378 e. The van der Waals surface area contributed by atoms with Crippen LogP contribution in [0.25, 0.3) is 0 Å². The normalized spacial score (nSPS) is 22.3. The molecule has 1 aliphatic heterocycles. The number of fused-ring (bicyclic) bond motifs is 5. The van der Waals surface area contributed by atoms with Gasteiger partial charge in [0.05, 0.1) is 11.0 Å². The van der Waals surface area contributed by atoms with Gasteiger partial charge in [0.1, 0.15) is 0 Å². The van der Waals surface area contributed by atoms with Crippen molar-refractivity contribution < 1.29 is 4.92 Å². The van der Waals surface area contributed by atoms with Crippen molar-refractivity contribution in [2.24, 2.45) is 5.92 Å². The summed E-state index contributed by atoms with van der Waals surface area (Å²) in [5.74, 6) is 0.531. The standard InChI is InChI=1S/C23H20N2O2/c1-14-6-8-15(9-7-14)23-20-12-16-4-2-3-5-18(16)22(20)19-13-17(25(26)27)10-11-21(19)24-23/h2-11,13,20,22-24H,12H2,1H3/t20-,22-,23-/m0/s1. The number of hydrogen-bond donors (Lipinski definition) is 1. The van der Waals surface area contributed by atoms with Gasteiger partial charge in [0.25, 0.3) is 5.69 Å². The summed E-state index contributed by atoms with van der Waals surface area (Å²) in [5, 5.41) is 15.0. The molecule has 27 heavy (non-hydrogen) atoms. The first kappa shape index (κ1) is 16.1. The molecule has 5 rings (SSSR count). The van der Waals surface area contributed by atoms with E-state index in [4.69, 9.17) is 0 Å². The van der Waals surface area contributed by atoms with E-state index in [2.05, 4.69) is 60.8 Å². The van der Waals surface area contributed by atoms with Crippen molar-refractivity contribution in [2.75, 3.05) is 5.32 Å². The summed E-state index contributed by atoms with van der Waals surface area (Å²) in [5.41, 5.74) is 7.39. The van der Waals surface area contributed by atoms with E-state index in [1.807, 2.05) is 6.07 Å². The van der Waals surface area contributed by atoms with Crippen LogP contribution in [0.1, 0.15) is 39.8 Å². The molecule has 0 fully saturated rings. The van der Waals surface area contributed by atoms with E-state index in [0.717, 1.165) is 17.7 Å². The molecule has 0 radical (unpaired) electrons. The van der Waals surface area contributed by atoms with Gasteiger partial charge in [-0.25, -0.2) is 0 Å². The van der Waals surface area contributed by atoms with Crippen molar-refractivity contribution in [3.05, 3.63) is 105 Å². The monoisotopic (exact) mass is 356 g/mol. The largest absolute Gasteiger partial charge is 0.378 e. The summed E-state index contributed by atoms with van der Waals surface area (Å²) in [6.07, 6.45) is 0.981. The number of benzene rings is 3. The highest BCUT2D eigenvalue weighted by Gasteiger charge is 2.43. The molecule has 1 N–H and O–H groups in total. The molecule has 4 nitrogen and oxygen atoms in total. The van der Waals surface area contributed by atoms with Crippen LogP contribution >= 0.6 is 0 Å². The molecule has 134 valence electrons. The Balaban J connectivity index is 1.68. The van der Waals surface area contributed by atoms with Crippen LogP contribution in [-0.2, 0) is 6.42 Å². The van der Waals surface area contributed by atoms with E-state index in [1.165, 1.54) is 22.3 Å². The lowest BCUT2D eigenvalue weighted by Crippen LogP contribution is -2.30. The maximum Gasteiger partial charge on any atom is 0.269 e. The molecule has 0 unspecified atom stereocenters. The molecule has 1 heterocycles. The molecule has 0 bridgehead atoms. The van der Waals surface area contributed by atoms with Gasteiger partial charge < -0.3 is 5.32 Å². The van der Waals surface area contributed by atoms with Gasteiger partial charge in [-0.2, -0.15) is 0 Å². The molecule has 0 spiro atoms. The summed E-state index contributed by atoms with van der Waals surface area (Å²) in [4.78, 5) is 11.0. The zero-order valence-electron chi connectivity index (χ0n) is 15.1. The third-order valence-electron chi connectivity index (χ3n) is 6.03. The number of anilines is 1. The van der Waals surface area contributed by atoms with Gasteiger partial charge in [-0.15, -0.1) is 0 Å². The van der Waals surface area contributed by atoms with Crippen molar-refractivity contribution in [3.63, 3.8) is 0 Å². The van der Waals surface area contributed by atoms with Crippen LogP contribution in [0.5, 0.6) is 0 Å². The molecule has 4 heteroatoms. The number of nitro groups is 1. The molecule has 3 aromatic carbocycles. The van der Waals surface area contributed by atoms with Gasteiger partial charge in [0.2, 0.25) is 0 Å². The highest BCUT2D eigenvalue weighted by atomic mass is 16.6. The first-order chi connectivity index (χ1) is 13.1. The Bertz CT molecular complexity index is 1040. The maximum atomic E-state index is 11.3. The summed E-state index contributed by atoms with van der Waals surface area (Å²) >= 11 is 0. The van der Waals surface area contributed by atoms with Crippen molar-refractivity contribution in [2.45, 2.75) is 25.3 Å². The van der Waals surface area contributed by atoms with Gasteiger partial charge >= 0.3 is 0 Å². The van der Waals surface area contributed by atoms with Crippen LogP contribution in [0.3, 0.4) is 0 Å². The van der Waals surface area contributed by atoms with Crippen molar-refractivity contribution >= 4 is 11.4 Å². The fourth-order valence-electron chi connectivity index (χ4n) is 4.77. The Labute approximate surface area is 158 Å². The molecule has 0 aromatic heterocycles. The van der Waals surface area contributed by atoms with Crippen LogP contribution in [0.15, 0.2) is 66.7 Å². The third-order valence-corrected chi connectivity index (χ3v) is 6.03. The molecular formula is C23H20N2O2.